The molecular weight excluding hydrogens is 307 g/mol. The van der Waals surface area contributed by atoms with Crippen LogP contribution in [0, 0.1) is 5.82 Å². The van der Waals surface area contributed by atoms with E-state index in [0.717, 1.165) is 5.56 Å². The van der Waals surface area contributed by atoms with Gasteiger partial charge in [0.25, 0.3) is 0 Å². The minimum atomic E-state index is -0.434. The fourth-order valence-corrected chi connectivity index (χ4v) is 2.53. The molecule has 0 atom stereocenters. The van der Waals surface area contributed by atoms with Crippen LogP contribution in [0.4, 0.5) is 4.39 Å². The largest absolute Gasteiger partial charge is 0.462 e. The predicted octanol–water partition coefficient (Wildman–Crippen LogP) is 3.91. The first-order valence-electron chi connectivity index (χ1n) is 7.72. The SMILES string of the molecule is CCOC(=O)c1cnn(Cc2ccccc2)c1-c1ccc(F)cc1. The number of halogens is 1. The molecule has 0 N–H and O–H groups in total. The monoisotopic (exact) mass is 324 g/mol. The van der Waals surface area contributed by atoms with Gasteiger partial charge in [-0.15, -0.1) is 0 Å². The Morgan fingerprint density at radius 1 is 1.12 bits per heavy atom. The predicted molar refractivity (Wildman–Crippen MR) is 89.1 cm³/mol. The van der Waals surface area contributed by atoms with E-state index < -0.39 is 5.97 Å². The molecule has 24 heavy (non-hydrogen) atoms. The van der Waals surface area contributed by atoms with E-state index in [-0.39, 0.29) is 12.4 Å². The number of nitrogens with zero attached hydrogens (tertiary/aromatic N) is 2. The lowest BCUT2D eigenvalue weighted by atomic mass is 10.1. The number of rotatable bonds is 5. The second kappa shape index (κ2) is 7.08. The normalized spacial score (nSPS) is 10.6. The van der Waals surface area contributed by atoms with Gasteiger partial charge in [0.05, 0.1) is 25.0 Å². The van der Waals surface area contributed by atoms with Gasteiger partial charge < -0.3 is 4.74 Å². The van der Waals surface area contributed by atoms with E-state index in [4.69, 9.17) is 4.74 Å². The average molecular weight is 324 g/mol. The van der Waals surface area contributed by atoms with Gasteiger partial charge in [-0.1, -0.05) is 30.3 Å². The van der Waals surface area contributed by atoms with Gasteiger partial charge in [0.15, 0.2) is 0 Å². The Kier molecular flexibility index (Phi) is 4.70. The highest BCUT2D eigenvalue weighted by Crippen LogP contribution is 2.25. The summed E-state index contributed by atoms with van der Waals surface area (Å²) in [5.74, 6) is -0.762. The Morgan fingerprint density at radius 2 is 1.83 bits per heavy atom. The zero-order chi connectivity index (χ0) is 16.9. The van der Waals surface area contributed by atoms with Crippen molar-refractivity contribution in [3.05, 3.63) is 77.7 Å². The molecule has 1 heterocycles. The molecule has 0 unspecified atom stereocenters. The van der Waals surface area contributed by atoms with E-state index in [1.165, 1.54) is 18.3 Å². The zero-order valence-corrected chi connectivity index (χ0v) is 13.3. The summed E-state index contributed by atoms with van der Waals surface area (Å²) in [6, 6.07) is 15.8. The molecule has 0 radical (unpaired) electrons. The van der Waals surface area contributed by atoms with Gasteiger partial charge in [-0.25, -0.2) is 9.18 Å². The standard InChI is InChI=1S/C19H17FN2O2/c1-2-24-19(23)17-12-21-22(13-14-6-4-3-5-7-14)18(17)15-8-10-16(20)11-9-15/h3-12H,2,13H2,1H3. The summed E-state index contributed by atoms with van der Waals surface area (Å²) in [6.07, 6.45) is 1.50. The van der Waals surface area contributed by atoms with Crippen molar-refractivity contribution in [2.75, 3.05) is 6.61 Å². The summed E-state index contributed by atoms with van der Waals surface area (Å²) in [6.45, 7) is 2.54. The maximum absolute atomic E-state index is 13.2. The summed E-state index contributed by atoms with van der Waals surface area (Å²) in [4.78, 5) is 12.2. The number of carbonyl (C=O) groups excluding carboxylic acids is 1. The third-order valence-corrected chi connectivity index (χ3v) is 3.63. The molecule has 0 spiro atoms. The number of esters is 1. The van der Waals surface area contributed by atoms with Crippen molar-refractivity contribution in [2.45, 2.75) is 13.5 Å². The summed E-state index contributed by atoms with van der Waals surface area (Å²) >= 11 is 0. The first-order chi connectivity index (χ1) is 11.7. The van der Waals surface area contributed by atoms with E-state index in [1.54, 1.807) is 23.7 Å². The number of hydrogen-bond donors (Lipinski definition) is 0. The first-order valence-corrected chi connectivity index (χ1v) is 7.72. The van der Waals surface area contributed by atoms with Crippen LogP contribution in [-0.4, -0.2) is 22.4 Å². The number of hydrogen-bond acceptors (Lipinski definition) is 3. The molecule has 0 amide bonds. The van der Waals surface area contributed by atoms with Crippen molar-refractivity contribution in [1.82, 2.24) is 9.78 Å². The third kappa shape index (κ3) is 3.35. The Labute approximate surface area is 139 Å². The van der Waals surface area contributed by atoms with Crippen molar-refractivity contribution in [3.63, 3.8) is 0 Å². The summed E-state index contributed by atoms with van der Waals surface area (Å²) in [5, 5.41) is 4.34. The smallest absolute Gasteiger partial charge is 0.341 e. The third-order valence-electron chi connectivity index (χ3n) is 3.63. The minimum Gasteiger partial charge on any atom is -0.462 e. The fraction of sp³-hybridized carbons (Fsp3) is 0.158. The molecule has 0 aliphatic rings. The van der Waals surface area contributed by atoms with Gasteiger partial charge >= 0.3 is 5.97 Å². The Balaban J connectivity index is 2.05. The second-order valence-electron chi connectivity index (χ2n) is 5.28. The van der Waals surface area contributed by atoms with Gasteiger partial charge in [-0.2, -0.15) is 5.10 Å². The lowest BCUT2D eigenvalue weighted by molar-refractivity contribution is 0.0527. The lowest BCUT2D eigenvalue weighted by Crippen LogP contribution is -2.08. The molecule has 2 aromatic carbocycles. The molecule has 5 heteroatoms. The van der Waals surface area contributed by atoms with E-state index >= 15 is 0 Å². The molecule has 0 aliphatic carbocycles. The van der Waals surface area contributed by atoms with Crippen LogP contribution < -0.4 is 0 Å². The van der Waals surface area contributed by atoms with E-state index in [9.17, 15) is 9.18 Å². The number of ether oxygens (including phenoxy) is 1. The van der Waals surface area contributed by atoms with Gasteiger partial charge in [-0.05, 0) is 36.8 Å². The van der Waals surface area contributed by atoms with Crippen LogP contribution in [-0.2, 0) is 11.3 Å². The Bertz CT molecular complexity index is 826. The van der Waals surface area contributed by atoms with Crippen molar-refractivity contribution in [3.8, 4) is 11.3 Å². The van der Waals surface area contributed by atoms with Gasteiger partial charge in [-0.3, -0.25) is 4.68 Å². The van der Waals surface area contributed by atoms with Gasteiger partial charge in [0.1, 0.15) is 11.4 Å². The number of carbonyl (C=O) groups is 1. The Morgan fingerprint density at radius 3 is 2.50 bits per heavy atom. The van der Waals surface area contributed by atoms with Crippen molar-refractivity contribution >= 4 is 5.97 Å². The van der Waals surface area contributed by atoms with E-state index in [2.05, 4.69) is 5.10 Å². The minimum absolute atomic E-state index is 0.283. The van der Waals surface area contributed by atoms with Crippen LogP contribution in [0.5, 0.6) is 0 Å². The quantitative estimate of drug-likeness (QED) is 0.668. The molecule has 3 aromatic rings. The van der Waals surface area contributed by atoms with Crippen LogP contribution in [0.25, 0.3) is 11.3 Å². The molecule has 3 rings (SSSR count). The topological polar surface area (TPSA) is 44.1 Å². The van der Waals surface area contributed by atoms with E-state index in [0.29, 0.717) is 23.4 Å². The molecule has 4 nitrogen and oxygen atoms in total. The fourth-order valence-electron chi connectivity index (χ4n) is 2.53. The van der Waals surface area contributed by atoms with Crippen LogP contribution in [0.2, 0.25) is 0 Å². The highest BCUT2D eigenvalue weighted by molar-refractivity contribution is 5.96. The lowest BCUT2D eigenvalue weighted by Gasteiger charge is -2.10. The van der Waals surface area contributed by atoms with Crippen molar-refractivity contribution in [1.29, 1.82) is 0 Å². The average Bonchev–Trinajstić information content (AvgIpc) is 3.00. The zero-order valence-electron chi connectivity index (χ0n) is 13.3. The van der Waals surface area contributed by atoms with Crippen molar-refractivity contribution < 1.29 is 13.9 Å². The maximum Gasteiger partial charge on any atom is 0.341 e. The second-order valence-corrected chi connectivity index (χ2v) is 5.28. The van der Waals surface area contributed by atoms with E-state index in [1.807, 2.05) is 30.3 Å². The summed E-state index contributed by atoms with van der Waals surface area (Å²) in [5.41, 5.74) is 2.77. The summed E-state index contributed by atoms with van der Waals surface area (Å²) < 4.78 is 20.1. The molecule has 122 valence electrons. The van der Waals surface area contributed by atoms with Crippen molar-refractivity contribution in [2.24, 2.45) is 0 Å². The van der Waals surface area contributed by atoms with Crippen LogP contribution in [0.1, 0.15) is 22.8 Å². The molecule has 0 fully saturated rings. The first kappa shape index (κ1) is 15.9. The molecule has 0 saturated heterocycles. The van der Waals surface area contributed by atoms with Gasteiger partial charge in [0, 0.05) is 5.56 Å². The van der Waals surface area contributed by atoms with Crippen LogP contribution in [0.3, 0.4) is 0 Å². The van der Waals surface area contributed by atoms with Crippen LogP contribution in [0.15, 0.2) is 60.8 Å². The molecule has 0 saturated carbocycles. The maximum atomic E-state index is 13.2. The number of benzene rings is 2. The van der Waals surface area contributed by atoms with Gasteiger partial charge in [0.2, 0.25) is 0 Å². The highest BCUT2D eigenvalue weighted by atomic mass is 19.1. The molecular formula is C19H17FN2O2. The summed E-state index contributed by atoms with van der Waals surface area (Å²) in [7, 11) is 0. The number of aromatic nitrogens is 2. The van der Waals surface area contributed by atoms with Crippen LogP contribution >= 0.6 is 0 Å². The molecule has 0 bridgehead atoms. The molecule has 0 aliphatic heterocycles. The molecule has 1 aromatic heterocycles. The Hall–Kier alpha value is -2.95. The highest BCUT2D eigenvalue weighted by Gasteiger charge is 2.20.